The Morgan fingerprint density at radius 1 is 1.56 bits per heavy atom. The van der Waals surface area contributed by atoms with Gasteiger partial charge in [-0.1, -0.05) is 6.92 Å². The molecule has 4 heteroatoms. The summed E-state index contributed by atoms with van der Waals surface area (Å²) in [6, 6.07) is 0. The van der Waals surface area contributed by atoms with Crippen LogP contribution in [0.4, 0.5) is 0 Å². The van der Waals surface area contributed by atoms with E-state index in [9.17, 15) is 4.79 Å². The fourth-order valence-corrected chi connectivity index (χ4v) is 2.02. The molecular formula is C12H24N2O2. The molecule has 0 aromatic heterocycles. The van der Waals surface area contributed by atoms with Crippen LogP contribution in [0.2, 0.25) is 0 Å². The Hall–Kier alpha value is -0.610. The highest BCUT2D eigenvalue weighted by Gasteiger charge is 2.32. The Balaban J connectivity index is 2.48. The van der Waals surface area contributed by atoms with Crippen molar-refractivity contribution in [2.45, 2.75) is 64.2 Å². The van der Waals surface area contributed by atoms with Crippen molar-refractivity contribution >= 4 is 5.91 Å². The molecule has 0 saturated carbocycles. The van der Waals surface area contributed by atoms with Crippen molar-refractivity contribution in [1.82, 2.24) is 5.32 Å². The number of hydrogen-bond acceptors (Lipinski definition) is 3. The zero-order valence-electron chi connectivity index (χ0n) is 10.6. The summed E-state index contributed by atoms with van der Waals surface area (Å²) in [6.07, 6.45) is 3.43. The zero-order valence-corrected chi connectivity index (χ0v) is 10.6. The van der Waals surface area contributed by atoms with Gasteiger partial charge in [0.05, 0.1) is 6.10 Å². The molecule has 0 radical (unpaired) electrons. The lowest BCUT2D eigenvalue weighted by Crippen LogP contribution is -2.50. The molecule has 1 fully saturated rings. The van der Waals surface area contributed by atoms with Gasteiger partial charge in [0.25, 0.3) is 0 Å². The molecule has 0 aromatic carbocycles. The Labute approximate surface area is 97.9 Å². The van der Waals surface area contributed by atoms with Gasteiger partial charge in [-0.15, -0.1) is 0 Å². The van der Waals surface area contributed by atoms with Gasteiger partial charge in [0.15, 0.2) is 0 Å². The third-order valence-electron chi connectivity index (χ3n) is 3.43. The Kier molecular flexibility index (Phi) is 4.74. The number of ether oxygens (including phenoxy) is 1. The molecule has 16 heavy (non-hydrogen) atoms. The molecule has 0 aromatic rings. The van der Waals surface area contributed by atoms with E-state index in [1.807, 2.05) is 13.8 Å². The summed E-state index contributed by atoms with van der Waals surface area (Å²) in [5.41, 5.74) is 5.37. The van der Waals surface area contributed by atoms with Gasteiger partial charge in [0, 0.05) is 5.54 Å². The van der Waals surface area contributed by atoms with Gasteiger partial charge in [-0.25, -0.2) is 0 Å². The molecule has 3 atom stereocenters. The molecule has 1 rings (SSSR count). The molecule has 1 aliphatic rings. The fourth-order valence-electron chi connectivity index (χ4n) is 2.02. The predicted molar refractivity (Wildman–Crippen MR) is 64.1 cm³/mol. The first-order valence-electron chi connectivity index (χ1n) is 6.18. The monoisotopic (exact) mass is 228 g/mol. The first-order valence-corrected chi connectivity index (χ1v) is 6.18. The molecule has 3 unspecified atom stereocenters. The maximum absolute atomic E-state index is 12.0. The average Bonchev–Trinajstić information content (AvgIpc) is 2.65. The molecule has 4 nitrogen and oxygen atoms in total. The summed E-state index contributed by atoms with van der Waals surface area (Å²) in [5.74, 6) is 0.0159. The second kappa shape index (κ2) is 5.64. The van der Waals surface area contributed by atoms with E-state index in [0.717, 1.165) is 25.7 Å². The molecule has 3 N–H and O–H groups in total. The predicted octanol–water partition coefficient (Wildman–Crippen LogP) is 1.19. The van der Waals surface area contributed by atoms with Gasteiger partial charge < -0.3 is 15.8 Å². The van der Waals surface area contributed by atoms with Crippen LogP contribution in [0.15, 0.2) is 0 Å². The molecule has 1 aliphatic heterocycles. The maximum atomic E-state index is 12.0. The molecule has 1 amide bonds. The lowest BCUT2D eigenvalue weighted by molar-refractivity contribution is -0.133. The van der Waals surface area contributed by atoms with Crippen molar-refractivity contribution in [3.8, 4) is 0 Å². The van der Waals surface area contributed by atoms with Crippen LogP contribution in [-0.4, -0.2) is 30.2 Å². The van der Waals surface area contributed by atoms with Gasteiger partial charge in [-0.2, -0.15) is 0 Å². The van der Waals surface area contributed by atoms with E-state index in [-0.39, 0.29) is 23.7 Å². The van der Waals surface area contributed by atoms with E-state index in [0.29, 0.717) is 6.54 Å². The van der Waals surface area contributed by atoms with E-state index in [2.05, 4.69) is 12.2 Å². The summed E-state index contributed by atoms with van der Waals surface area (Å²) >= 11 is 0. The van der Waals surface area contributed by atoms with E-state index in [1.165, 1.54) is 0 Å². The highest BCUT2D eigenvalue weighted by Crippen LogP contribution is 2.21. The van der Waals surface area contributed by atoms with Crippen LogP contribution >= 0.6 is 0 Å². The fraction of sp³-hybridized carbons (Fsp3) is 0.917. The lowest BCUT2D eigenvalue weighted by atomic mass is 9.94. The number of nitrogens with two attached hydrogens (primary N) is 1. The van der Waals surface area contributed by atoms with E-state index >= 15 is 0 Å². The number of carbonyl (C=O) groups excluding carboxylic acids is 1. The molecule has 0 aliphatic carbocycles. The summed E-state index contributed by atoms with van der Waals surface area (Å²) in [5, 5.41) is 3.06. The Morgan fingerprint density at radius 3 is 2.69 bits per heavy atom. The SMILES string of the molecule is CCC(C)(CCN)NC(=O)C1CCC(C)O1. The van der Waals surface area contributed by atoms with Crippen LogP contribution in [0.3, 0.4) is 0 Å². The highest BCUT2D eigenvalue weighted by molar-refractivity contribution is 5.81. The summed E-state index contributed by atoms with van der Waals surface area (Å²) in [7, 11) is 0. The first kappa shape index (κ1) is 13.5. The molecule has 0 spiro atoms. The molecule has 1 heterocycles. The number of rotatable bonds is 5. The van der Waals surface area contributed by atoms with Crippen molar-refractivity contribution in [2.75, 3.05) is 6.54 Å². The quantitative estimate of drug-likeness (QED) is 0.743. The van der Waals surface area contributed by atoms with Crippen molar-refractivity contribution in [2.24, 2.45) is 5.73 Å². The maximum Gasteiger partial charge on any atom is 0.249 e. The van der Waals surface area contributed by atoms with Gasteiger partial charge in [0.2, 0.25) is 5.91 Å². The minimum atomic E-state index is -0.265. The molecular weight excluding hydrogens is 204 g/mol. The lowest BCUT2D eigenvalue weighted by Gasteiger charge is -2.30. The van der Waals surface area contributed by atoms with Crippen LogP contribution in [0.5, 0.6) is 0 Å². The summed E-state index contributed by atoms with van der Waals surface area (Å²) in [4.78, 5) is 12.0. The second-order valence-corrected chi connectivity index (χ2v) is 4.95. The van der Waals surface area contributed by atoms with Gasteiger partial charge in [-0.05, 0) is 46.1 Å². The third kappa shape index (κ3) is 3.46. The molecule has 1 saturated heterocycles. The molecule has 94 valence electrons. The second-order valence-electron chi connectivity index (χ2n) is 4.95. The molecule has 0 bridgehead atoms. The van der Waals surface area contributed by atoms with Gasteiger partial charge in [-0.3, -0.25) is 4.79 Å². The third-order valence-corrected chi connectivity index (χ3v) is 3.43. The van der Waals surface area contributed by atoms with Crippen LogP contribution in [-0.2, 0) is 9.53 Å². The van der Waals surface area contributed by atoms with Crippen molar-refractivity contribution < 1.29 is 9.53 Å². The van der Waals surface area contributed by atoms with Crippen molar-refractivity contribution in [1.29, 1.82) is 0 Å². The number of carbonyl (C=O) groups is 1. The summed E-state index contributed by atoms with van der Waals surface area (Å²) in [6.45, 7) is 6.70. The van der Waals surface area contributed by atoms with E-state index in [1.54, 1.807) is 0 Å². The van der Waals surface area contributed by atoms with E-state index < -0.39 is 0 Å². The minimum Gasteiger partial charge on any atom is -0.365 e. The Bertz CT molecular complexity index is 245. The number of nitrogens with one attached hydrogen (secondary N) is 1. The highest BCUT2D eigenvalue weighted by atomic mass is 16.5. The van der Waals surface area contributed by atoms with Crippen LogP contribution in [0, 0.1) is 0 Å². The average molecular weight is 228 g/mol. The van der Waals surface area contributed by atoms with Crippen molar-refractivity contribution in [3.63, 3.8) is 0 Å². The number of amides is 1. The summed E-state index contributed by atoms with van der Waals surface area (Å²) < 4.78 is 5.55. The van der Waals surface area contributed by atoms with Crippen LogP contribution < -0.4 is 11.1 Å². The zero-order chi connectivity index (χ0) is 12.2. The number of hydrogen-bond donors (Lipinski definition) is 2. The largest absolute Gasteiger partial charge is 0.365 e. The normalized spacial score (nSPS) is 28.8. The van der Waals surface area contributed by atoms with Gasteiger partial charge in [0.1, 0.15) is 6.10 Å². The Morgan fingerprint density at radius 2 is 2.25 bits per heavy atom. The van der Waals surface area contributed by atoms with Crippen molar-refractivity contribution in [3.05, 3.63) is 0 Å². The standard InChI is InChI=1S/C12H24N2O2/c1-4-12(3,7-8-13)14-11(15)10-6-5-9(2)16-10/h9-10H,4-8,13H2,1-3H3,(H,14,15). The topological polar surface area (TPSA) is 64.3 Å². The van der Waals surface area contributed by atoms with Gasteiger partial charge >= 0.3 is 0 Å². The van der Waals surface area contributed by atoms with Crippen LogP contribution in [0.1, 0.15) is 46.5 Å². The smallest absolute Gasteiger partial charge is 0.249 e. The minimum absolute atomic E-state index is 0.0159. The van der Waals surface area contributed by atoms with Crippen LogP contribution in [0.25, 0.3) is 0 Å². The van der Waals surface area contributed by atoms with E-state index in [4.69, 9.17) is 10.5 Å². The first-order chi connectivity index (χ1) is 7.50.